The Hall–Kier alpha value is -0.0940. The zero-order chi connectivity index (χ0) is 59.6. The van der Waals surface area contributed by atoms with Gasteiger partial charge in [0.25, 0.3) is 0 Å². The SMILES string of the molecule is CCCCCCCCCCCCCCCCCC(=O)[O-].CCCCCCCCCCCCCCCCCC(=O)[O-].CCCCCCCCCCCCCCCCCC(=O)[O-].CCCCCCCCCCCCCCCCCC(=O)[O-].[Ca+2].[Mg+2]. The molecule has 480 valence electrons. The Kier molecular flexibility index (Phi) is 102. The van der Waals surface area contributed by atoms with Gasteiger partial charge in [-0.25, -0.2) is 0 Å². The second-order valence-electron chi connectivity index (χ2n) is 24.3. The van der Waals surface area contributed by atoms with Gasteiger partial charge in [0, 0.05) is 23.9 Å². The molecule has 0 heterocycles. The summed E-state index contributed by atoms with van der Waals surface area (Å²) in [7, 11) is 0. The Morgan fingerprint density at radius 3 is 0.317 bits per heavy atom. The van der Waals surface area contributed by atoms with Crippen molar-refractivity contribution in [3.8, 4) is 0 Å². The van der Waals surface area contributed by atoms with Crippen molar-refractivity contribution >= 4 is 84.7 Å². The Morgan fingerprint density at radius 2 is 0.244 bits per heavy atom. The molecule has 0 aliphatic rings. The van der Waals surface area contributed by atoms with Gasteiger partial charge in [0.05, 0.1) is 0 Å². The first-order valence-electron chi connectivity index (χ1n) is 35.9. The third-order valence-corrected chi connectivity index (χ3v) is 15.9. The van der Waals surface area contributed by atoms with Crippen LogP contribution in [0.15, 0.2) is 0 Å². The van der Waals surface area contributed by atoms with E-state index in [-0.39, 0.29) is 86.5 Å². The molecule has 0 aromatic heterocycles. The number of rotatable bonds is 64. The number of carboxylic acids is 4. The standard InChI is InChI=1S/4C18H36O2.Ca.Mg/c4*1-2-3-4-5-6-7-8-9-10-11-12-13-14-15-16-17-18(19)20;;/h4*2-17H2,1H3,(H,19,20);;/q;;;;2*+2/p-4. The largest absolute Gasteiger partial charge is 2.00 e. The molecule has 0 unspecified atom stereocenters. The quantitative estimate of drug-likeness (QED) is 0.0430. The summed E-state index contributed by atoms with van der Waals surface area (Å²) in [6, 6.07) is 0. The van der Waals surface area contributed by atoms with Gasteiger partial charge in [0.1, 0.15) is 0 Å². The van der Waals surface area contributed by atoms with Crippen molar-refractivity contribution in [3.63, 3.8) is 0 Å². The fourth-order valence-electron chi connectivity index (χ4n) is 10.6. The summed E-state index contributed by atoms with van der Waals surface area (Å²) in [5.41, 5.74) is 0. The molecular formula is C72H140CaMgO8. The molecule has 0 bridgehead atoms. The summed E-state index contributed by atoms with van der Waals surface area (Å²) in [5, 5.41) is 40.9. The fourth-order valence-corrected chi connectivity index (χ4v) is 10.6. The third-order valence-electron chi connectivity index (χ3n) is 15.9. The van der Waals surface area contributed by atoms with Gasteiger partial charge in [-0.05, 0) is 51.4 Å². The molecule has 10 heteroatoms. The van der Waals surface area contributed by atoms with Crippen LogP contribution in [-0.2, 0) is 19.2 Å². The molecule has 0 radical (unpaired) electrons. The normalized spacial score (nSPS) is 10.6. The van der Waals surface area contributed by atoms with Gasteiger partial charge in [0.15, 0.2) is 0 Å². The molecule has 0 aliphatic carbocycles. The summed E-state index contributed by atoms with van der Waals surface area (Å²) < 4.78 is 0. The number of unbranched alkanes of at least 4 members (excludes halogenated alkanes) is 56. The van der Waals surface area contributed by atoms with Crippen LogP contribution in [-0.4, -0.2) is 84.7 Å². The Bertz CT molecular complexity index is 998. The first kappa shape index (κ1) is 93.1. The van der Waals surface area contributed by atoms with E-state index in [1.165, 1.54) is 334 Å². The molecular weight excluding hydrogens is 1060 g/mol. The van der Waals surface area contributed by atoms with E-state index in [9.17, 15) is 39.6 Å². The zero-order valence-electron chi connectivity index (χ0n) is 55.9. The van der Waals surface area contributed by atoms with Crippen molar-refractivity contribution in [1.29, 1.82) is 0 Å². The molecule has 0 N–H and O–H groups in total. The first-order valence-corrected chi connectivity index (χ1v) is 35.9. The Morgan fingerprint density at radius 1 is 0.171 bits per heavy atom. The van der Waals surface area contributed by atoms with Crippen molar-refractivity contribution in [1.82, 2.24) is 0 Å². The van der Waals surface area contributed by atoms with Gasteiger partial charge in [-0.3, -0.25) is 0 Å². The predicted molar refractivity (Wildman–Crippen MR) is 350 cm³/mol. The third kappa shape index (κ3) is 108. The van der Waals surface area contributed by atoms with Gasteiger partial charge < -0.3 is 39.6 Å². The first-order chi connectivity index (χ1) is 39.1. The molecule has 0 atom stereocenters. The average molecular weight is 1200 g/mol. The molecule has 0 aliphatic heterocycles. The maximum Gasteiger partial charge on any atom is 2.00 e. The summed E-state index contributed by atoms with van der Waals surface area (Å²) in [6.07, 6.45) is 79.4. The number of hydrogen-bond donors (Lipinski definition) is 0. The topological polar surface area (TPSA) is 161 Å². The van der Waals surface area contributed by atoms with Crippen LogP contribution in [0, 0.1) is 0 Å². The molecule has 0 amide bonds. The molecule has 0 fully saturated rings. The van der Waals surface area contributed by atoms with E-state index in [4.69, 9.17) is 0 Å². The van der Waals surface area contributed by atoms with Crippen LogP contribution >= 0.6 is 0 Å². The number of carbonyl (C=O) groups excluding carboxylic acids is 4. The Labute approximate surface area is 558 Å². The van der Waals surface area contributed by atoms with Crippen LogP contribution in [0.1, 0.15) is 439 Å². The number of carbonyl (C=O) groups is 4. The maximum atomic E-state index is 10.2. The zero-order valence-corrected chi connectivity index (χ0v) is 59.6. The van der Waals surface area contributed by atoms with Gasteiger partial charge >= 0.3 is 60.8 Å². The van der Waals surface area contributed by atoms with E-state index >= 15 is 0 Å². The predicted octanol–water partition coefficient (Wildman–Crippen LogP) is 19.2. The van der Waals surface area contributed by atoms with Crippen molar-refractivity contribution in [2.24, 2.45) is 0 Å². The van der Waals surface area contributed by atoms with E-state index in [0.29, 0.717) is 0 Å². The molecule has 0 aromatic carbocycles. The second kappa shape index (κ2) is 89.7. The van der Waals surface area contributed by atoms with Crippen molar-refractivity contribution in [2.75, 3.05) is 0 Å². The van der Waals surface area contributed by atoms with E-state index in [2.05, 4.69) is 27.7 Å². The van der Waals surface area contributed by atoms with Gasteiger partial charge in [-0.1, -0.05) is 387 Å². The molecule has 82 heavy (non-hydrogen) atoms. The van der Waals surface area contributed by atoms with Crippen molar-refractivity contribution in [3.05, 3.63) is 0 Å². The van der Waals surface area contributed by atoms with Crippen LogP contribution in [0.25, 0.3) is 0 Å². The summed E-state index contributed by atoms with van der Waals surface area (Å²) in [4.78, 5) is 40.9. The second-order valence-corrected chi connectivity index (χ2v) is 24.3. The number of hydrogen-bond acceptors (Lipinski definition) is 8. The van der Waals surface area contributed by atoms with Crippen LogP contribution in [0.5, 0.6) is 0 Å². The molecule has 0 aromatic rings. The van der Waals surface area contributed by atoms with E-state index in [1.807, 2.05) is 0 Å². The van der Waals surface area contributed by atoms with Crippen molar-refractivity contribution < 1.29 is 39.6 Å². The van der Waals surface area contributed by atoms with Gasteiger partial charge in [-0.15, -0.1) is 0 Å². The summed E-state index contributed by atoms with van der Waals surface area (Å²) in [6.45, 7) is 9.07. The van der Waals surface area contributed by atoms with E-state index < -0.39 is 23.9 Å². The van der Waals surface area contributed by atoms with Crippen LogP contribution in [0.4, 0.5) is 0 Å². The van der Waals surface area contributed by atoms with E-state index in [0.717, 1.165) is 51.4 Å². The van der Waals surface area contributed by atoms with Crippen molar-refractivity contribution in [2.45, 2.75) is 439 Å². The Balaban J connectivity index is -0.000000233. The molecule has 0 saturated carbocycles. The summed E-state index contributed by atoms with van der Waals surface area (Å²) in [5.74, 6) is -3.61. The number of aliphatic carboxylic acids is 4. The monoisotopic (exact) mass is 1200 g/mol. The minimum Gasteiger partial charge on any atom is -0.550 e. The minimum absolute atomic E-state index is 0. The van der Waals surface area contributed by atoms with Crippen LogP contribution in [0.3, 0.4) is 0 Å². The van der Waals surface area contributed by atoms with Gasteiger partial charge in [-0.2, -0.15) is 0 Å². The number of carboxylic acid groups (broad SMARTS) is 4. The smallest absolute Gasteiger partial charge is 0.550 e. The fraction of sp³-hybridized carbons (Fsp3) is 0.944. The van der Waals surface area contributed by atoms with Crippen LogP contribution < -0.4 is 20.4 Å². The van der Waals surface area contributed by atoms with Gasteiger partial charge in [0.2, 0.25) is 0 Å². The molecule has 8 nitrogen and oxygen atoms in total. The molecule has 0 rings (SSSR count). The maximum absolute atomic E-state index is 10.2. The molecule has 0 spiro atoms. The van der Waals surface area contributed by atoms with E-state index in [1.54, 1.807) is 0 Å². The van der Waals surface area contributed by atoms with Crippen LogP contribution in [0.2, 0.25) is 0 Å². The summed E-state index contributed by atoms with van der Waals surface area (Å²) >= 11 is 0. The molecule has 0 saturated heterocycles. The average Bonchev–Trinajstić information content (AvgIpc) is 3.43. The minimum atomic E-state index is -0.903.